The summed E-state index contributed by atoms with van der Waals surface area (Å²) in [7, 11) is 2.86. The topological polar surface area (TPSA) is 81.4 Å². The Morgan fingerprint density at radius 1 is 0.969 bits per heavy atom. The minimum Gasteiger partial charge on any atom is -0.337 e. The Labute approximate surface area is 184 Å². The van der Waals surface area contributed by atoms with Gasteiger partial charge in [-0.2, -0.15) is 0 Å². The number of amides is 1. The van der Waals surface area contributed by atoms with Gasteiger partial charge in [-0.15, -0.1) is 0 Å². The van der Waals surface area contributed by atoms with Crippen LogP contribution in [0.2, 0.25) is 0 Å². The number of nitrogens with zero attached hydrogens (tertiary/aromatic N) is 3. The summed E-state index contributed by atoms with van der Waals surface area (Å²) < 4.78 is 2.16. The molecule has 0 bridgehead atoms. The lowest BCUT2D eigenvalue weighted by atomic mass is 9.87. The lowest BCUT2D eigenvalue weighted by Gasteiger charge is -2.32. The number of likely N-dealkylation sites (tertiary alicyclic amines) is 1. The van der Waals surface area contributed by atoms with Crippen LogP contribution in [-0.2, 0) is 26.9 Å². The summed E-state index contributed by atoms with van der Waals surface area (Å²) in [5, 5.41) is 2.21. The molecule has 1 fully saturated rings. The van der Waals surface area contributed by atoms with Crippen LogP contribution < -0.4 is 11.2 Å². The standard InChI is InChI=1S/C25H25N3O4/c1-26-20(13-21(29)27(2)25(26)32)24(31)28-12-4-6-17(14-28)23(30)19-11-10-16-9-8-15-5-3-7-18(19)22(15)16/h3,5,7,10-11,13,17H,4,6,8-9,12,14H2,1-2H3/t17-/m0/s1. The van der Waals surface area contributed by atoms with Crippen LogP contribution in [0, 0.1) is 5.92 Å². The van der Waals surface area contributed by atoms with E-state index in [9.17, 15) is 19.2 Å². The van der Waals surface area contributed by atoms with Crippen LogP contribution in [0.3, 0.4) is 0 Å². The Morgan fingerprint density at radius 2 is 1.72 bits per heavy atom. The van der Waals surface area contributed by atoms with E-state index in [1.807, 2.05) is 18.2 Å². The van der Waals surface area contributed by atoms with Gasteiger partial charge in [0.05, 0.1) is 0 Å². The van der Waals surface area contributed by atoms with Crippen molar-refractivity contribution in [2.45, 2.75) is 25.7 Å². The molecule has 1 amide bonds. The van der Waals surface area contributed by atoms with Crippen molar-refractivity contribution in [3.8, 4) is 0 Å². The first-order valence-corrected chi connectivity index (χ1v) is 11.0. The number of rotatable bonds is 3. The highest BCUT2D eigenvalue weighted by molar-refractivity contribution is 6.11. The summed E-state index contributed by atoms with van der Waals surface area (Å²) in [5.74, 6) is -0.647. The predicted molar refractivity (Wildman–Crippen MR) is 121 cm³/mol. The minimum atomic E-state index is -0.543. The molecule has 0 unspecified atom stereocenters. The molecule has 5 rings (SSSR count). The zero-order valence-electron chi connectivity index (χ0n) is 18.3. The second-order valence-corrected chi connectivity index (χ2v) is 8.83. The molecule has 2 aliphatic rings. The van der Waals surface area contributed by atoms with E-state index in [2.05, 4.69) is 12.1 Å². The summed E-state index contributed by atoms with van der Waals surface area (Å²) in [6.45, 7) is 0.778. The Morgan fingerprint density at radius 3 is 2.50 bits per heavy atom. The second kappa shape index (κ2) is 7.58. The van der Waals surface area contributed by atoms with Gasteiger partial charge in [0.25, 0.3) is 11.5 Å². The third-order valence-electron chi connectivity index (χ3n) is 6.97. The molecule has 7 nitrogen and oxygen atoms in total. The van der Waals surface area contributed by atoms with Crippen molar-refractivity contribution >= 4 is 22.5 Å². The Balaban J connectivity index is 1.45. The first-order valence-electron chi connectivity index (χ1n) is 11.0. The first-order chi connectivity index (χ1) is 15.4. The normalized spacial score (nSPS) is 17.7. The number of Topliss-reactive ketones (excluding diaryl/α,β-unsaturated/α-hetero) is 1. The molecule has 0 N–H and O–H groups in total. The Kier molecular flexibility index (Phi) is 4.84. The van der Waals surface area contributed by atoms with E-state index >= 15 is 0 Å². The summed E-state index contributed by atoms with van der Waals surface area (Å²) in [5.41, 5.74) is 2.29. The number of piperidine rings is 1. The van der Waals surface area contributed by atoms with Crippen LogP contribution in [0.5, 0.6) is 0 Å². The van der Waals surface area contributed by atoms with Crippen LogP contribution in [0.25, 0.3) is 10.8 Å². The maximum atomic E-state index is 13.5. The number of hydrogen-bond acceptors (Lipinski definition) is 4. The Hall–Kier alpha value is -3.48. The number of benzene rings is 2. The van der Waals surface area contributed by atoms with Gasteiger partial charge in [0.2, 0.25) is 0 Å². The van der Waals surface area contributed by atoms with Crippen molar-refractivity contribution in [2.75, 3.05) is 13.1 Å². The zero-order valence-corrected chi connectivity index (χ0v) is 18.3. The average Bonchev–Trinajstić information content (AvgIpc) is 3.24. The van der Waals surface area contributed by atoms with Crippen molar-refractivity contribution in [3.05, 3.63) is 79.6 Å². The fourth-order valence-corrected chi connectivity index (χ4v) is 5.16. The van der Waals surface area contributed by atoms with Crippen LogP contribution in [0.1, 0.15) is 44.8 Å². The van der Waals surface area contributed by atoms with Gasteiger partial charge in [0, 0.05) is 44.7 Å². The van der Waals surface area contributed by atoms with Gasteiger partial charge in [0.15, 0.2) is 5.78 Å². The molecule has 2 heterocycles. The number of carbonyl (C=O) groups is 2. The highest BCUT2D eigenvalue weighted by Gasteiger charge is 2.32. The van der Waals surface area contributed by atoms with Crippen LogP contribution in [0.4, 0.5) is 0 Å². The third-order valence-corrected chi connectivity index (χ3v) is 6.97. The second-order valence-electron chi connectivity index (χ2n) is 8.83. The van der Waals surface area contributed by atoms with Gasteiger partial charge in [0.1, 0.15) is 5.69 Å². The minimum absolute atomic E-state index is 0.0518. The molecule has 2 aromatic carbocycles. The number of aryl methyl sites for hydroxylation is 2. The monoisotopic (exact) mass is 431 g/mol. The molecule has 0 saturated carbocycles. The SMILES string of the molecule is Cn1c(C(=O)N2CCC[C@H](C(=O)c3ccc4c5c(cccc35)CC4)C2)cc(=O)n(C)c1=O. The van der Waals surface area contributed by atoms with Crippen molar-refractivity contribution < 1.29 is 9.59 Å². The third kappa shape index (κ3) is 3.11. The molecule has 32 heavy (non-hydrogen) atoms. The largest absolute Gasteiger partial charge is 0.337 e. The van der Waals surface area contributed by atoms with E-state index in [4.69, 9.17) is 0 Å². The van der Waals surface area contributed by atoms with Crippen molar-refractivity contribution in [3.63, 3.8) is 0 Å². The van der Waals surface area contributed by atoms with E-state index in [0.717, 1.165) is 22.8 Å². The zero-order chi connectivity index (χ0) is 22.6. The summed E-state index contributed by atoms with van der Waals surface area (Å²) in [6.07, 6.45) is 3.42. The van der Waals surface area contributed by atoms with Gasteiger partial charge in [-0.05, 0) is 47.6 Å². The highest BCUT2D eigenvalue weighted by Crippen LogP contribution is 2.34. The molecule has 3 aromatic rings. The predicted octanol–water partition coefficient (Wildman–Crippen LogP) is 2.07. The number of ketones is 1. The molecule has 1 atom stereocenters. The summed E-state index contributed by atoms with van der Waals surface area (Å²) >= 11 is 0. The molecule has 1 aliphatic heterocycles. The van der Waals surface area contributed by atoms with Crippen LogP contribution in [-0.4, -0.2) is 38.8 Å². The number of aromatic nitrogens is 2. The lowest BCUT2D eigenvalue weighted by Crippen LogP contribution is -2.46. The van der Waals surface area contributed by atoms with Crippen molar-refractivity contribution in [1.29, 1.82) is 0 Å². The van der Waals surface area contributed by atoms with Gasteiger partial charge < -0.3 is 4.90 Å². The quantitative estimate of drug-likeness (QED) is 0.595. The molecular weight excluding hydrogens is 406 g/mol. The van der Waals surface area contributed by atoms with E-state index < -0.39 is 11.2 Å². The lowest BCUT2D eigenvalue weighted by molar-refractivity contribution is 0.0627. The summed E-state index contributed by atoms with van der Waals surface area (Å²) in [6, 6.07) is 11.3. The number of hydrogen-bond donors (Lipinski definition) is 0. The number of carbonyl (C=O) groups excluding carboxylic acids is 2. The van der Waals surface area contributed by atoms with E-state index in [0.29, 0.717) is 24.9 Å². The Bertz CT molecular complexity index is 1390. The molecule has 164 valence electrons. The maximum Gasteiger partial charge on any atom is 0.331 e. The van der Waals surface area contributed by atoms with Crippen molar-refractivity contribution in [2.24, 2.45) is 20.0 Å². The fourth-order valence-electron chi connectivity index (χ4n) is 5.16. The van der Waals surface area contributed by atoms with Gasteiger partial charge in [-0.3, -0.25) is 23.5 Å². The molecule has 1 saturated heterocycles. The maximum absolute atomic E-state index is 13.5. The molecule has 1 aliphatic carbocycles. The smallest absolute Gasteiger partial charge is 0.331 e. The summed E-state index contributed by atoms with van der Waals surface area (Å²) in [4.78, 5) is 52.6. The van der Waals surface area contributed by atoms with Crippen LogP contribution in [0.15, 0.2) is 46.0 Å². The first kappa shape index (κ1) is 20.4. The molecule has 1 aromatic heterocycles. The molecular formula is C25H25N3O4. The van der Waals surface area contributed by atoms with Crippen molar-refractivity contribution in [1.82, 2.24) is 14.0 Å². The van der Waals surface area contributed by atoms with Gasteiger partial charge >= 0.3 is 5.69 Å². The highest BCUT2D eigenvalue weighted by atomic mass is 16.2. The van der Waals surface area contributed by atoms with E-state index in [-0.39, 0.29) is 29.8 Å². The van der Waals surface area contributed by atoms with E-state index in [1.54, 1.807) is 4.90 Å². The van der Waals surface area contributed by atoms with Gasteiger partial charge in [-0.25, -0.2) is 4.79 Å². The molecule has 7 heteroatoms. The molecule has 0 radical (unpaired) electrons. The van der Waals surface area contributed by atoms with Gasteiger partial charge in [-0.1, -0.05) is 30.3 Å². The van der Waals surface area contributed by atoms with E-state index in [1.165, 1.54) is 41.2 Å². The molecule has 0 spiro atoms. The average molecular weight is 431 g/mol. The van der Waals surface area contributed by atoms with Crippen LogP contribution >= 0.6 is 0 Å². The fraction of sp³-hybridized carbons (Fsp3) is 0.360.